The van der Waals surface area contributed by atoms with Crippen molar-refractivity contribution < 1.29 is 33.5 Å². The van der Waals surface area contributed by atoms with Crippen LogP contribution in [0.5, 0.6) is 23.3 Å². The van der Waals surface area contributed by atoms with Crippen LogP contribution in [-0.2, 0) is 9.53 Å². The number of oxazole rings is 1. The van der Waals surface area contributed by atoms with Gasteiger partial charge in [-0.05, 0) is 37.3 Å². The van der Waals surface area contributed by atoms with Crippen LogP contribution in [0.15, 0.2) is 46.9 Å². The molecule has 3 rings (SSSR count). The molecule has 0 fully saturated rings. The van der Waals surface area contributed by atoms with Gasteiger partial charge in [-0.3, -0.25) is 0 Å². The lowest BCUT2D eigenvalue weighted by Gasteiger charge is -2.12. The molecule has 0 saturated heterocycles. The van der Waals surface area contributed by atoms with E-state index in [0.717, 1.165) is 0 Å². The Balaban J connectivity index is 1.70. The zero-order chi connectivity index (χ0) is 17.1. The second-order valence-electron chi connectivity index (χ2n) is 5.05. The van der Waals surface area contributed by atoms with Crippen LogP contribution in [0.1, 0.15) is 6.92 Å². The summed E-state index contributed by atoms with van der Waals surface area (Å²) < 4.78 is 21.1. The number of fused-ring (bicyclic) bond motifs is 1. The molecule has 7 nitrogen and oxygen atoms in total. The number of methoxy groups -OCH3 is 1. The zero-order valence-electron chi connectivity index (χ0n) is 13.1. The smallest absolute Gasteiger partial charge is 0.508 e. The molecule has 2 N–H and O–H groups in total. The molecule has 0 amide bonds. The summed E-state index contributed by atoms with van der Waals surface area (Å²) in [5.41, 5.74) is 1.19. The molecule has 124 valence electrons. The molecule has 0 saturated carbocycles. The number of carbonyl (C=O) groups excluding carboxylic acids is 1. The fourth-order valence-corrected chi connectivity index (χ4v) is 2.09. The van der Waals surface area contributed by atoms with E-state index in [1.807, 2.05) is 0 Å². The number of aromatic amines is 1. The summed E-state index contributed by atoms with van der Waals surface area (Å²) in [4.78, 5) is 14.3. The van der Waals surface area contributed by atoms with Crippen molar-refractivity contribution >= 4 is 17.1 Å². The van der Waals surface area contributed by atoms with Gasteiger partial charge in [-0.15, -0.1) is 4.98 Å². The number of phenols is 1. The van der Waals surface area contributed by atoms with Gasteiger partial charge >= 0.3 is 12.0 Å². The van der Waals surface area contributed by atoms with E-state index < -0.39 is 12.1 Å². The van der Waals surface area contributed by atoms with E-state index in [9.17, 15) is 9.90 Å². The predicted octanol–water partition coefficient (Wildman–Crippen LogP) is 2.69. The molecule has 24 heavy (non-hydrogen) atoms. The first-order chi connectivity index (χ1) is 11.5. The van der Waals surface area contributed by atoms with Gasteiger partial charge in [0.15, 0.2) is 6.10 Å². The molecule has 1 aromatic heterocycles. The summed E-state index contributed by atoms with van der Waals surface area (Å²) >= 11 is 0. The fourth-order valence-electron chi connectivity index (χ4n) is 2.09. The number of benzene rings is 2. The summed E-state index contributed by atoms with van der Waals surface area (Å²) in [6, 6.07) is 11.4. The number of esters is 1. The Bertz CT molecular complexity index is 855. The first kappa shape index (κ1) is 15.7. The second kappa shape index (κ2) is 6.49. The van der Waals surface area contributed by atoms with E-state index >= 15 is 0 Å². The number of hydrogen-bond acceptors (Lipinski definition) is 6. The lowest BCUT2D eigenvalue weighted by molar-refractivity contribution is -0.370. The molecular weight excluding hydrogens is 314 g/mol. The third kappa shape index (κ3) is 3.40. The number of rotatable bonds is 5. The van der Waals surface area contributed by atoms with Crippen LogP contribution >= 0.6 is 0 Å². The number of aromatic hydroxyl groups is 1. The third-order valence-corrected chi connectivity index (χ3v) is 3.28. The minimum absolute atomic E-state index is 0.109. The molecule has 3 aromatic rings. The van der Waals surface area contributed by atoms with Crippen LogP contribution in [0.2, 0.25) is 0 Å². The van der Waals surface area contributed by atoms with Crippen molar-refractivity contribution in [3.8, 4) is 23.3 Å². The van der Waals surface area contributed by atoms with Crippen LogP contribution in [0, 0.1) is 0 Å². The van der Waals surface area contributed by atoms with Crippen molar-refractivity contribution in [2.45, 2.75) is 13.0 Å². The maximum atomic E-state index is 11.3. The van der Waals surface area contributed by atoms with Crippen molar-refractivity contribution in [3.63, 3.8) is 0 Å². The number of hydrogen-bond donors (Lipinski definition) is 1. The highest BCUT2D eigenvalue weighted by molar-refractivity contribution is 5.74. The summed E-state index contributed by atoms with van der Waals surface area (Å²) in [6.45, 7) is 1.61. The van der Waals surface area contributed by atoms with E-state index in [4.69, 9.17) is 13.9 Å². The van der Waals surface area contributed by atoms with E-state index in [-0.39, 0.29) is 11.8 Å². The molecule has 0 aliphatic carbocycles. The van der Waals surface area contributed by atoms with Gasteiger partial charge in [-0.1, -0.05) is 0 Å². The Morgan fingerprint density at radius 2 is 1.88 bits per heavy atom. The van der Waals surface area contributed by atoms with Crippen LogP contribution in [0.4, 0.5) is 0 Å². The Morgan fingerprint density at radius 1 is 1.17 bits per heavy atom. The van der Waals surface area contributed by atoms with Crippen LogP contribution in [-0.4, -0.2) is 24.3 Å². The average Bonchev–Trinajstić information content (AvgIpc) is 2.97. The standard InChI is InChI=1S/C17H15NO6/c1-10(16(20)21-2)22-12-4-6-13(7-5-12)23-17-18-14-8-3-11(19)9-15(14)24-17/h3-10,19H,1-2H3/p+1. The molecule has 0 radical (unpaired) electrons. The zero-order valence-corrected chi connectivity index (χ0v) is 13.1. The number of H-pyrrole nitrogens is 1. The van der Waals surface area contributed by atoms with Crippen molar-refractivity contribution in [3.05, 3.63) is 42.5 Å². The Morgan fingerprint density at radius 3 is 2.58 bits per heavy atom. The van der Waals surface area contributed by atoms with Gasteiger partial charge in [-0.2, -0.15) is 0 Å². The Labute approximate surface area is 137 Å². The van der Waals surface area contributed by atoms with Crippen molar-refractivity contribution in [1.29, 1.82) is 0 Å². The predicted molar refractivity (Wildman–Crippen MR) is 83.1 cm³/mol. The molecule has 0 bridgehead atoms. The molecular formula is C17H16NO6+. The van der Waals surface area contributed by atoms with E-state index in [1.54, 1.807) is 43.3 Å². The maximum absolute atomic E-state index is 11.3. The van der Waals surface area contributed by atoms with Crippen molar-refractivity contribution in [2.24, 2.45) is 0 Å². The number of phenolic OH excluding ortho intramolecular Hbond substituents is 1. The molecule has 0 spiro atoms. The van der Waals surface area contributed by atoms with E-state index in [2.05, 4.69) is 9.72 Å². The Hall–Kier alpha value is -3.22. The molecule has 1 atom stereocenters. The summed E-state index contributed by atoms with van der Waals surface area (Å²) in [5, 5.41) is 9.43. The topological polar surface area (TPSA) is 92.3 Å². The lowest BCUT2D eigenvalue weighted by atomic mass is 10.3. The highest BCUT2D eigenvalue weighted by atomic mass is 16.6. The second-order valence-corrected chi connectivity index (χ2v) is 5.05. The van der Waals surface area contributed by atoms with Crippen LogP contribution in [0.25, 0.3) is 11.1 Å². The molecule has 2 aromatic carbocycles. The fraction of sp³-hybridized carbons (Fsp3) is 0.176. The number of ether oxygens (including phenoxy) is 3. The molecule has 0 aliphatic rings. The minimum atomic E-state index is -0.696. The maximum Gasteiger partial charge on any atom is 0.565 e. The van der Waals surface area contributed by atoms with Gasteiger partial charge < -0.3 is 23.7 Å². The first-order valence-electron chi connectivity index (χ1n) is 7.22. The van der Waals surface area contributed by atoms with Gasteiger partial charge in [0.25, 0.3) is 5.52 Å². The highest BCUT2D eigenvalue weighted by Crippen LogP contribution is 2.26. The van der Waals surface area contributed by atoms with Gasteiger partial charge in [0, 0.05) is 12.1 Å². The van der Waals surface area contributed by atoms with Crippen LogP contribution in [0.3, 0.4) is 0 Å². The molecule has 7 heteroatoms. The minimum Gasteiger partial charge on any atom is -0.508 e. The normalized spacial score (nSPS) is 11.9. The highest BCUT2D eigenvalue weighted by Gasteiger charge is 2.17. The summed E-state index contributed by atoms with van der Waals surface area (Å²) in [6.07, 6.45) is -0.509. The van der Waals surface area contributed by atoms with E-state index in [0.29, 0.717) is 22.6 Å². The van der Waals surface area contributed by atoms with Gasteiger partial charge in [0.2, 0.25) is 5.58 Å². The Kier molecular flexibility index (Phi) is 4.24. The van der Waals surface area contributed by atoms with Gasteiger partial charge in [-0.25, -0.2) is 4.79 Å². The van der Waals surface area contributed by atoms with E-state index in [1.165, 1.54) is 13.2 Å². The van der Waals surface area contributed by atoms with Crippen molar-refractivity contribution in [1.82, 2.24) is 0 Å². The molecule has 1 unspecified atom stereocenters. The van der Waals surface area contributed by atoms with Crippen LogP contribution < -0.4 is 14.5 Å². The SMILES string of the molecule is COC(=O)C(C)Oc1ccc(Oc2[nH+]c3ccc(O)cc3o2)cc1. The largest absolute Gasteiger partial charge is 0.565 e. The van der Waals surface area contributed by atoms with Crippen molar-refractivity contribution in [2.75, 3.05) is 7.11 Å². The molecule has 1 heterocycles. The van der Waals surface area contributed by atoms with Gasteiger partial charge in [0.05, 0.1) is 7.11 Å². The quantitative estimate of drug-likeness (QED) is 0.723. The summed E-state index contributed by atoms with van der Waals surface area (Å²) in [5.74, 6) is 0.694. The number of carbonyl (C=O) groups is 1. The summed E-state index contributed by atoms with van der Waals surface area (Å²) in [7, 11) is 1.31. The number of aromatic nitrogens is 1. The first-order valence-corrected chi connectivity index (χ1v) is 7.22. The lowest BCUT2D eigenvalue weighted by Crippen LogP contribution is -2.24. The van der Waals surface area contributed by atoms with Gasteiger partial charge in [0.1, 0.15) is 17.2 Å². The monoisotopic (exact) mass is 330 g/mol. The third-order valence-electron chi connectivity index (χ3n) is 3.28. The average molecular weight is 330 g/mol. The number of nitrogens with one attached hydrogen (secondary N) is 1. The molecule has 0 aliphatic heterocycles.